The third kappa shape index (κ3) is 11.1. The molecule has 0 spiro atoms. The lowest BCUT2D eigenvalue weighted by Crippen LogP contribution is -2.49. The molecular weight excluding hydrogens is 1200 g/mol. The number of alkyl halides is 12. The highest BCUT2D eigenvalue weighted by molar-refractivity contribution is 6.21. The summed E-state index contributed by atoms with van der Waals surface area (Å²) in [7, 11) is 2.39. The van der Waals surface area contributed by atoms with Gasteiger partial charge in [-0.25, -0.2) is 23.3 Å². The fourth-order valence-electron chi connectivity index (χ4n) is 12.9. The van der Waals surface area contributed by atoms with E-state index in [1.165, 1.54) is 91.7 Å². The van der Waals surface area contributed by atoms with Gasteiger partial charge in [0.05, 0.1) is 74.6 Å². The number of amides is 9. The molecule has 0 bridgehead atoms. The van der Waals surface area contributed by atoms with Gasteiger partial charge >= 0.3 is 36.8 Å². The monoisotopic (exact) mass is 1260 g/mol. The van der Waals surface area contributed by atoms with Gasteiger partial charge in [-0.05, 0) is 175 Å². The van der Waals surface area contributed by atoms with Crippen molar-refractivity contribution in [2.75, 3.05) is 46.8 Å². The van der Waals surface area contributed by atoms with E-state index in [1.54, 1.807) is 6.92 Å². The Bertz CT molecular complexity index is 3470. The minimum Gasteiger partial charge on any atom is -0.321 e. The standard InChI is InChI=1S/C33H35F7N4O4.C27H26F7N3O3/c1-18-12-23(34)8-9-24(18)26-31(4)28(47)44(25(45)16-42-10-6-7-11-42)27(46)30(31,3)17-43(26)29(48)41(5)19(2)20-13-21(32(35,36)37)15-22(14-20)33(38,39)40;1-13-8-18(28)6-7-19(13)20-25(4)22(39)35-21(38)24(25,3)12-37(20)23(40)36(5)14(2)15-9-16(26(29,30)31)11-17(10-15)27(32,33)34/h8-9,12-15,19,26H,6-7,10-11,16-17H2,1-5H3;6-11,14,20H,12H2,1-5H3,(H,35,38,39)/t19-,26+,30+,31-;14-,20+,24+,25-/m11/s1. The molecule has 0 aromatic heterocycles. The maximum atomic E-state index is 14.3. The quantitative estimate of drug-likeness (QED) is 0.135. The zero-order valence-electron chi connectivity index (χ0n) is 49.0. The van der Waals surface area contributed by atoms with Crippen molar-refractivity contribution in [3.05, 3.63) is 140 Å². The third-order valence-corrected chi connectivity index (χ3v) is 18.8. The van der Waals surface area contributed by atoms with E-state index in [0.717, 1.165) is 39.7 Å². The van der Waals surface area contributed by atoms with Crippen LogP contribution in [0.2, 0.25) is 0 Å². The van der Waals surface area contributed by atoms with Crippen molar-refractivity contribution in [2.24, 2.45) is 21.7 Å². The molecule has 0 saturated carbocycles. The van der Waals surface area contributed by atoms with Gasteiger partial charge in [0.25, 0.3) is 0 Å². The second kappa shape index (κ2) is 22.4. The molecule has 88 heavy (non-hydrogen) atoms. The minimum atomic E-state index is -5.11. The van der Waals surface area contributed by atoms with E-state index in [2.05, 4.69) is 5.32 Å². The molecule has 5 aliphatic rings. The van der Waals surface area contributed by atoms with Crippen molar-refractivity contribution >= 4 is 41.6 Å². The molecule has 4 aromatic rings. The van der Waals surface area contributed by atoms with E-state index >= 15 is 0 Å². The largest absolute Gasteiger partial charge is 0.416 e. The number of rotatable bonds is 8. The van der Waals surface area contributed by atoms with Crippen LogP contribution in [0.1, 0.15) is 134 Å². The lowest BCUT2D eigenvalue weighted by atomic mass is 9.65. The molecule has 5 aliphatic heterocycles. The van der Waals surface area contributed by atoms with E-state index in [9.17, 15) is 95.0 Å². The van der Waals surface area contributed by atoms with Crippen molar-refractivity contribution < 1.29 is 95.0 Å². The summed E-state index contributed by atoms with van der Waals surface area (Å²) in [6.45, 7) is 11.9. The topological polar surface area (TPSA) is 151 Å². The summed E-state index contributed by atoms with van der Waals surface area (Å²) in [5.74, 6) is -4.89. The number of carbonyl (C=O) groups is 7. The Balaban J connectivity index is 0.000000232. The van der Waals surface area contributed by atoms with Crippen LogP contribution < -0.4 is 5.32 Å². The molecule has 0 unspecified atom stereocenters. The summed E-state index contributed by atoms with van der Waals surface area (Å²) in [6.07, 6.45) is -18.7. The van der Waals surface area contributed by atoms with Gasteiger partial charge in [-0.15, -0.1) is 0 Å². The van der Waals surface area contributed by atoms with Gasteiger partial charge in [-0.1, -0.05) is 12.1 Å². The Morgan fingerprint density at radius 1 is 0.545 bits per heavy atom. The van der Waals surface area contributed by atoms with Crippen LogP contribution in [0.25, 0.3) is 0 Å². The highest BCUT2D eigenvalue weighted by Crippen LogP contribution is 2.64. The van der Waals surface area contributed by atoms with Crippen LogP contribution in [0.15, 0.2) is 72.8 Å². The molecule has 0 radical (unpaired) electrons. The summed E-state index contributed by atoms with van der Waals surface area (Å²) in [5.41, 5.74) is -12.0. The number of benzene rings is 4. The number of hydrogen-bond donors (Lipinski definition) is 1. The predicted octanol–water partition coefficient (Wildman–Crippen LogP) is 12.4. The van der Waals surface area contributed by atoms with Crippen LogP contribution in [-0.4, -0.2) is 118 Å². The Morgan fingerprint density at radius 3 is 1.27 bits per heavy atom. The first-order valence-electron chi connectivity index (χ1n) is 27.5. The van der Waals surface area contributed by atoms with Crippen molar-refractivity contribution in [3.8, 4) is 0 Å². The molecule has 28 heteroatoms. The molecule has 0 aliphatic carbocycles. The molecule has 5 saturated heterocycles. The predicted molar refractivity (Wildman–Crippen MR) is 285 cm³/mol. The van der Waals surface area contributed by atoms with Crippen LogP contribution in [0.3, 0.4) is 0 Å². The van der Waals surface area contributed by atoms with Gasteiger partial charge in [0.15, 0.2) is 0 Å². The molecule has 1 N–H and O–H groups in total. The van der Waals surface area contributed by atoms with Gasteiger partial charge in [-0.3, -0.25) is 34.2 Å². The fourth-order valence-corrected chi connectivity index (χ4v) is 12.9. The number of hydrogen-bond acceptors (Lipinski definition) is 8. The third-order valence-electron chi connectivity index (χ3n) is 18.8. The fraction of sp³-hybridized carbons (Fsp3) is 0.483. The Labute approximate surface area is 495 Å². The first-order valence-corrected chi connectivity index (χ1v) is 27.5. The molecule has 14 nitrogen and oxygen atoms in total. The number of urea groups is 2. The first-order chi connectivity index (χ1) is 40.4. The zero-order chi connectivity index (χ0) is 65.9. The molecule has 5 heterocycles. The normalized spacial score (nSPS) is 25.6. The van der Waals surface area contributed by atoms with Crippen molar-refractivity contribution in [1.29, 1.82) is 0 Å². The van der Waals surface area contributed by atoms with Crippen LogP contribution in [0.5, 0.6) is 0 Å². The van der Waals surface area contributed by atoms with Gasteiger partial charge in [0, 0.05) is 27.2 Å². The van der Waals surface area contributed by atoms with Crippen molar-refractivity contribution in [2.45, 2.75) is 117 Å². The second-order valence-electron chi connectivity index (χ2n) is 24.1. The number of likely N-dealkylation sites (tertiary alicyclic amines) is 4. The van der Waals surface area contributed by atoms with Crippen molar-refractivity contribution in [3.63, 3.8) is 0 Å². The first kappa shape index (κ1) is 66.3. The number of nitrogens with zero attached hydrogens (tertiary/aromatic N) is 6. The second-order valence-corrected chi connectivity index (χ2v) is 24.1. The lowest BCUT2D eigenvalue weighted by molar-refractivity contribution is -0.153. The smallest absolute Gasteiger partial charge is 0.321 e. The highest BCUT2D eigenvalue weighted by atomic mass is 19.4. The number of halogens is 14. The molecule has 5 fully saturated rings. The van der Waals surface area contributed by atoms with Gasteiger partial charge in [-0.2, -0.15) is 52.7 Å². The summed E-state index contributed by atoms with van der Waals surface area (Å²) < 4.78 is 191. The van der Waals surface area contributed by atoms with E-state index in [1.807, 2.05) is 4.90 Å². The van der Waals surface area contributed by atoms with E-state index in [4.69, 9.17) is 0 Å². The average Bonchev–Trinajstić information content (AvgIpc) is 1.55. The summed E-state index contributed by atoms with van der Waals surface area (Å²) in [4.78, 5) is 103. The summed E-state index contributed by atoms with van der Waals surface area (Å²) in [5, 5.41) is 2.29. The molecule has 476 valence electrons. The summed E-state index contributed by atoms with van der Waals surface area (Å²) >= 11 is 0. The Morgan fingerprint density at radius 2 is 0.909 bits per heavy atom. The van der Waals surface area contributed by atoms with Gasteiger partial charge < -0.3 is 19.6 Å². The van der Waals surface area contributed by atoms with Crippen LogP contribution in [0, 0.1) is 47.1 Å². The van der Waals surface area contributed by atoms with Gasteiger partial charge in [0.2, 0.25) is 29.5 Å². The van der Waals surface area contributed by atoms with Gasteiger partial charge in [0.1, 0.15) is 11.6 Å². The molecular formula is C60H61F14N7O7. The number of nitrogens with one attached hydrogen (secondary N) is 1. The molecule has 9 amide bonds. The lowest BCUT2D eigenvalue weighted by Gasteiger charge is -2.38. The average molecular weight is 1260 g/mol. The zero-order valence-corrected chi connectivity index (χ0v) is 49.0. The van der Waals surface area contributed by atoms with Crippen LogP contribution in [-0.2, 0) is 48.7 Å². The maximum Gasteiger partial charge on any atom is 0.416 e. The number of fused-ring (bicyclic) bond motifs is 2. The minimum absolute atomic E-state index is 0.00104. The van der Waals surface area contributed by atoms with Crippen LogP contribution in [0.4, 0.5) is 71.1 Å². The number of aryl methyl sites for hydroxylation is 2. The van der Waals surface area contributed by atoms with E-state index in [0.29, 0.717) is 58.9 Å². The Kier molecular flexibility index (Phi) is 16.9. The summed E-state index contributed by atoms with van der Waals surface area (Å²) in [6, 6.07) is 2.74. The van der Waals surface area contributed by atoms with E-state index < -0.39 is 164 Å². The Hall–Kier alpha value is -7.65. The highest BCUT2D eigenvalue weighted by Gasteiger charge is 2.75. The van der Waals surface area contributed by atoms with Crippen molar-refractivity contribution in [1.82, 2.24) is 34.7 Å². The maximum absolute atomic E-state index is 14.3. The number of carbonyl (C=O) groups excluding carboxylic acids is 7. The SMILES string of the molecule is Cc1cc(F)ccc1[C@@H]1N(C(=O)N(C)[C@H](C)c2cc(C(F)(F)F)cc(C(F)(F)F)c2)C[C@@]2(C)C(=O)N(C(=O)CN3CCCC3)C(=O)[C@@]12C.Cc1cc(F)ccc1[C@@H]1N(C(=O)N(C)[C@H](C)c2cc(C(F)(F)F)cc(C(F)(F)F)c2)C[C@@]2(C)C(=O)NC(=O)[C@@]12C. The molecule has 4 aromatic carbocycles. The molecule has 8 atom stereocenters. The number of imide groups is 4. The van der Waals surface area contributed by atoms with E-state index in [-0.39, 0.29) is 30.8 Å². The van der Waals surface area contributed by atoms with Crippen LogP contribution >= 0.6 is 0 Å². The molecule has 9 rings (SSSR count).